The first kappa shape index (κ1) is 22.8. The summed E-state index contributed by atoms with van der Waals surface area (Å²) in [7, 11) is -2.10. The van der Waals surface area contributed by atoms with Crippen LogP contribution in [0.1, 0.15) is 66.7 Å². The summed E-state index contributed by atoms with van der Waals surface area (Å²) in [6.07, 6.45) is 7.37. The highest BCUT2D eigenvalue weighted by Gasteiger charge is 2.42. The number of hydrogen-bond donors (Lipinski definition) is 0. The molecule has 0 saturated carbocycles. The number of hydrogen-bond acceptors (Lipinski definition) is 4. The van der Waals surface area contributed by atoms with Crippen LogP contribution < -0.4 is 0 Å². The minimum absolute atomic E-state index is 0.0163. The molecule has 5 heteroatoms. The van der Waals surface area contributed by atoms with Crippen LogP contribution in [0.25, 0.3) is 0 Å². The van der Waals surface area contributed by atoms with Gasteiger partial charge in [0, 0.05) is 12.5 Å². The number of carbonyl (C=O) groups is 2. The topological polar surface area (TPSA) is 52.6 Å². The lowest BCUT2D eigenvalue weighted by Crippen LogP contribution is -2.45. The van der Waals surface area contributed by atoms with Gasteiger partial charge >= 0.3 is 0 Å². The quantitative estimate of drug-likeness (QED) is 0.312. The number of carbonyl (C=O) groups excluding carboxylic acids is 2. The summed E-state index contributed by atoms with van der Waals surface area (Å²) in [5.41, 5.74) is 3.35. The van der Waals surface area contributed by atoms with Crippen molar-refractivity contribution < 1.29 is 18.8 Å². The molecule has 0 aromatic carbocycles. The van der Waals surface area contributed by atoms with Crippen molar-refractivity contribution in [3.05, 3.63) is 34.6 Å². The molecule has 0 bridgehead atoms. The zero-order valence-electron chi connectivity index (χ0n) is 18.6. The molecule has 1 aliphatic heterocycles. The Morgan fingerprint density at radius 3 is 2.43 bits per heavy atom. The monoisotopic (exact) mass is 404 g/mol. The molecule has 1 atom stereocenters. The van der Waals surface area contributed by atoms with E-state index in [-0.39, 0.29) is 29.3 Å². The molecule has 1 heterocycles. The highest BCUT2D eigenvalue weighted by Crippen LogP contribution is 2.42. The zero-order chi connectivity index (χ0) is 21.1. The third-order valence-electron chi connectivity index (χ3n) is 5.94. The molecule has 1 unspecified atom stereocenters. The lowest BCUT2D eigenvalue weighted by Gasteiger charge is -2.41. The number of allylic oxidation sites excluding steroid dienone is 3. The van der Waals surface area contributed by atoms with Crippen LogP contribution in [-0.2, 0) is 18.8 Å². The number of ketones is 2. The molecule has 2 rings (SSSR count). The third-order valence-corrected chi connectivity index (χ3v) is 10.4. The van der Waals surface area contributed by atoms with Crippen LogP contribution in [0.5, 0.6) is 0 Å². The maximum atomic E-state index is 12.5. The molecule has 0 amide bonds. The van der Waals surface area contributed by atoms with Crippen molar-refractivity contribution in [1.82, 2.24) is 0 Å². The van der Waals surface area contributed by atoms with E-state index in [2.05, 4.69) is 33.9 Å². The summed E-state index contributed by atoms with van der Waals surface area (Å²) in [5.74, 6) is 0.745. The van der Waals surface area contributed by atoms with E-state index in [0.717, 1.165) is 36.8 Å². The van der Waals surface area contributed by atoms with Crippen LogP contribution in [0, 0.1) is 0 Å². The Morgan fingerprint density at radius 1 is 1.25 bits per heavy atom. The van der Waals surface area contributed by atoms with Crippen molar-refractivity contribution in [3.8, 4) is 0 Å². The summed E-state index contributed by atoms with van der Waals surface area (Å²) < 4.78 is 12.5. The average molecular weight is 405 g/mol. The number of rotatable bonds is 7. The van der Waals surface area contributed by atoms with Crippen molar-refractivity contribution in [2.24, 2.45) is 0 Å². The molecule has 156 valence electrons. The first-order valence-electron chi connectivity index (χ1n) is 10.3. The Hall–Kier alpha value is -1.46. The molecule has 2 aliphatic rings. The van der Waals surface area contributed by atoms with E-state index in [1.807, 2.05) is 13.8 Å². The van der Waals surface area contributed by atoms with Crippen molar-refractivity contribution in [2.45, 2.75) is 91.0 Å². The largest absolute Gasteiger partial charge is 0.487 e. The van der Waals surface area contributed by atoms with Crippen LogP contribution >= 0.6 is 0 Å². The molecule has 0 aromatic rings. The van der Waals surface area contributed by atoms with Gasteiger partial charge in [-0.1, -0.05) is 31.9 Å². The van der Waals surface area contributed by atoms with E-state index in [9.17, 15) is 9.59 Å². The molecule has 4 nitrogen and oxygen atoms in total. The first-order valence-corrected chi connectivity index (χ1v) is 13.2. The molecule has 0 fully saturated rings. The smallest absolute Gasteiger partial charge is 0.196 e. The molecule has 0 N–H and O–H groups in total. The fourth-order valence-electron chi connectivity index (χ4n) is 3.41. The van der Waals surface area contributed by atoms with Crippen molar-refractivity contribution in [3.63, 3.8) is 0 Å². The number of ether oxygens (including phenoxy) is 1. The van der Waals surface area contributed by atoms with Gasteiger partial charge in [-0.3, -0.25) is 9.59 Å². The summed E-state index contributed by atoms with van der Waals surface area (Å²) >= 11 is 0. The van der Waals surface area contributed by atoms with E-state index in [0.29, 0.717) is 12.2 Å². The Kier molecular flexibility index (Phi) is 7.26. The standard InChI is InChI=1S/C23H36O4Si/c1-16(2)12-18(24)13-17-10-8-9-11-20(17)22(21-14-19(25)15-26-21)27-28(6,7)23(3,4)5/h12,14,22H,8-11,13,15H2,1-7H3. The van der Waals surface area contributed by atoms with Gasteiger partial charge in [0.15, 0.2) is 26.5 Å². The Labute approximate surface area is 171 Å². The minimum Gasteiger partial charge on any atom is -0.487 e. The van der Waals surface area contributed by atoms with Gasteiger partial charge in [-0.25, -0.2) is 0 Å². The predicted octanol–water partition coefficient (Wildman–Crippen LogP) is 5.66. The van der Waals surface area contributed by atoms with Gasteiger partial charge in [0.1, 0.15) is 11.9 Å². The zero-order valence-corrected chi connectivity index (χ0v) is 19.6. The lowest BCUT2D eigenvalue weighted by atomic mass is 9.85. The van der Waals surface area contributed by atoms with Crippen LogP contribution in [0.4, 0.5) is 0 Å². The average Bonchev–Trinajstić information content (AvgIpc) is 2.98. The van der Waals surface area contributed by atoms with Crippen LogP contribution in [-0.4, -0.2) is 32.6 Å². The van der Waals surface area contributed by atoms with E-state index >= 15 is 0 Å². The first-order chi connectivity index (χ1) is 12.9. The van der Waals surface area contributed by atoms with Crippen molar-refractivity contribution in [2.75, 3.05) is 6.61 Å². The van der Waals surface area contributed by atoms with Gasteiger partial charge in [0.2, 0.25) is 0 Å². The molecule has 1 aliphatic carbocycles. The lowest BCUT2D eigenvalue weighted by molar-refractivity contribution is -0.116. The predicted molar refractivity (Wildman–Crippen MR) is 116 cm³/mol. The fourth-order valence-corrected chi connectivity index (χ4v) is 4.61. The Balaban J connectivity index is 2.44. The van der Waals surface area contributed by atoms with Gasteiger partial charge in [-0.05, 0) is 69.3 Å². The second-order valence-electron chi connectivity index (χ2n) is 9.76. The van der Waals surface area contributed by atoms with Crippen molar-refractivity contribution in [1.29, 1.82) is 0 Å². The normalized spacial score (nSPS) is 19.2. The van der Waals surface area contributed by atoms with Gasteiger partial charge in [0.05, 0.1) is 0 Å². The molecule has 0 aromatic heterocycles. The minimum atomic E-state index is -2.10. The van der Waals surface area contributed by atoms with Crippen LogP contribution in [0.2, 0.25) is 18.1 Å². The Morgan fingerprint density at radius 2 is 1.89 bits per heavy atom. The highest BCUT2D eigenvalue weighted by molar-refractivity contribution is 6.74. The van der Waals surface area contributed by atoms with E-state index < -0.39 is 8.32 Å². The van der Waals surface area contributed by atoms with Gasteiger partial charge < -0.3 is 9.16 Å². The van der Waals surface area contributed by atoms with E-state index in [4.69, 9.17) is 9.16 Å². The second-order valence-corrected chi connectivity index (χ2v) is 14.5. The molecular weight excluding hydrogens is 368 g/mol. The molecule has 28 heavy (non-hydrogen) atoms. The highest BCUT2D eigenvalue weighted by atomic mass is 28.4. The van der Waals surface area contributed by atoms with Crippen LogP contribution in [0.3, 0.4) is 0 Å². The summed E-state index contributed by atoms with van der Waals surface area (Å²) in [6, 6.07) is 0. The SMILES string of the molecule is CC(C)=CC(=O)CC1=C(C(O[Si](C)(C)C(C)(C)C)C2=CC(=O)CO2)CCCC1. The van der Waals surface area contributed by atoms with Crippen LogP contribution in [0.15, 0.2) is 34.6 Å². The second kappa shape index (κ2) is 8.91. The summed E-state index contributed by atoms with van der Waals surface area (Å²) in [6.45, 7) is 15.0. The molecule has 0 spiro atoms. The summed E-state index contributed by atoms with van der Waals surface area (Å²) in [5, 5.41) is 0.0433. The van der Waals surface area contributed by atoms with Gasteiger partial charge in [-0.15, -0.1) is 0 Å². The van der Waals surface area contributed by atoms with Crippen molar-refractivity contribution >= 4 is 19.9 Å². The van der Waals surface area contributed by atoms with E-state index in [1.165, 1.54) is 5.57 Å². The Bertz CT molecular complexity index is 715. The maximum Gasteiger partial charge on any atom is 0.196 e. The summed E-state index contributed by atoms with van der Waals surface area (Å²) in [4.78, 5) is 24.3. The molecule has 0 saturated heterocycles. The van der Waals surface area contributed by atoms with Gasteiger partial charge in [0.25, 0.3) is 0 Å². The third kappa shape index (κ3) is 5.77. The fraction of sp³-hybridized carbons (Fsp3) is 0.652. The van der Waals surface area contributed by atoms with Gasteiger partial charge in [-0.2, -0.15) is 0 Å². The molecular formula is C23H36O4Si. The van der Waals surface area contributed by atoms with E-state index in [1.54, 1.807) is 12.2 Å². The maximum absolute atomic E-state index is 12.5. The molecule has 0 radical (unpaired) electrons.